The number of hydrogen-bond acceptors (Lipinski definition) is 2. The molecule has 1 atom stereocenters. The molecule has 0 aliphatic heterocycles. The average molecular weight is 253 g/mol. The summed E-state index contributed by atoms with van der Waals surface area (Å²) in [5.41, 5.74) is 1.11. The van der Waals surface area contributed by atoms with Crippen molar-refractivity contribution in [2.45, 2.75) is 39.7 Å². The van der Waals surface area contributed by atoms with Crippen LogP contribution in [0.2, 0.25) is 0 Å². The van der Waals surface area contributed by atoms with Crippen LogP contribution in [-0.2, 0) is 0 Å². The highest BCUT2D eigenvalue weighted by atomic mass is 19.1. The molecule has 2 nitrogen and oxygen atoms in total. The molecule has 0 fully saturated rings. The number of aliphatic hydroxyl groups is 1. The summed E-state index contributed by atoms with van der Waals surface area (Å²) >= 11 is 0. The van der Waals surface area contributed by atoms with E-state index in [9.17, 15) is 4.39 Å². The van der Waals surface area contributed by atoms with Crippen molar-refractivity contribution >= 4 is 0 Å². The van der Waals surface area contributed by atoms with Crippen molar-refractivity contribution in [3.63, 3.8) is 0 Å². The van der Waals surface area contributed by atoms with E-state index in [-0.39, 0.29) is 23.9 Å². The molecule has 1 unspecified atom stereocenters. The summed E-state index contributed by atoms with van der Waals surface area (Å²) in [6.07, 6.45) is 1.80. The maximum atomic E-state index is 13.1. The van der Waals surface area contributed by atoms with E-state index in [0.29, 0.717) is 0 Å². The number of benzene rings is 1. The molecule has 2 N–H and O–H groups in total. The lowest BCUT2D eigenvalue weighted by atomic mass is 9.87. The summed E-state index contributed by atoms with van der Waals surface area (Å²) in [6, 6.07) is 6.83. The van der Waals surface area contributed by atoms with Crippen molar-refractivity contribution in [1.82, 2.24) is 5.32 Å². The molecule has 0 saturated heterocycles. The van der Waals surface area contributed by atoms with Gasteiger partial charge in [-0.15, -0.1) is 0 Å². The van der Waals surface area contributed by atoms with Crippen LogP contribution in [-0.4, -0.2) is 18.3 Å². The van der Waals surface area contributed by atoms with Crippen molar-refractivity contribution in [2.24, 2.45) is 5.41 Å². The van der Waals surface area contributed by atoms with Gasteiger partial charge in [-0.1, -0.05) is 26.0 Å². The van der Waals surface area contributed by atoms with E-state index in [1.165, 1.54) is 6.07 Å². The van der Waals surface area contributed by atoms with Crippen LogP contribution >= 0.6 is 0 Å². The SMILES string of the molecule is CC(NCC(C)(C)CCCO)c1cccc(F)c1. The van der Waals surface area contributed by atoms with Gasteiger partial charge in [0.15, 0.2) is 0 Å². The summed E-state index contributed by atoms with van der Waals surface area (Å²) in [4.78, 5) is 0. The first kappa shape index (κ1) is 15.1. The zero-order valence-corrected chi connectivity index (χ0v) is 11.5. The third-order valence-corrected chi connectivity index (χ3v) is 3.25. The quantitative estimate of drug-likeness (QED) is 0.781. The maximum absolute atomic E-state index is 13.1. The average Bonchev–Trinajstić information content (AvgIpc) is 2.34. The third kappa shape index (κ3) is 5.15. The number of nitrogens with one attached hydrogen (secondary N) is 1. The van der Waals surface area contributed by atoms with Crippen LogP contribution in [0, 0.1) is 11.2 Å². The maximum Gasteiger partial charge on any atom is 0.123 e. The van der Waals surface area contributed by atoms with E-state index in [0.717, 1.165) is 24.9 Å². The Bertz CT molecular complexity index is 365. The van der Waals surface area contributed by atoms with Gasteiger partial charge in [0, 0.05) is 19.2 Å². The number of hydrogen-bond donors (Lipinski definition) is 2. The minimum Gasteiger partial charge on any atom is -0.396 e. The topological polar surface area (TPSA) is 32.3 Å². The lowest BCUT2D eigenvalue weighted by Gasteiger charge is -2.27. The lowest BCUT2D eigenvalue weighted by molar-refractivity contribution is 0.233. The van der Waals surface area contributed by atoms with Crippen molar-refractivity contribution in [3.8, 4) is 0 Å². The van der Waals surface area contributed by atoms with Gasteiger partial charge < -0.3 is 10.4 Å². The van der Waals surface area contributed by atoms with Crippen LogP contribution < -0.4 is 5.32 Å². The first-order chi connectivity index (χ1) is 8.44. The second kappa shape index (κ2) is 6.86. The molecular formula is C15H24FNO. The normalized spacial score (nSPS) is 13.6. The minimum atomic E-state index is -0.194. The van der Waals surface area contributed by atoms with Gasteiger partial charge in [-0.25, -0.2) is 4.39 Å². The highest BCUT2D eigenvalue weighted by Gasteiger charge is 2.18. The zero-order chi connectivity index (χ0) is 13.6. The molecule has 0 bridgehead atoms. The second-order valence-electron chi connectivity index (χ2n) is 5.65. The molecule has 1 aromatic carbocycles. The Morgan fingerprint density at radius 3 is 2.72 bits per heavy atom. The fraction of sp³-hybridized carbons (Fsp3) is 0.600. The summed E-state index contributed by atoms with van der Waals surface area (Å²) in [5, 5.41) is 12.3. The number of aliphatic hydroxyl groups excluding tert-OH is 1. The number of rotatable bonds is 7. The smallest absolute Gasteiger partial charge is 0.123 e. The molecule has 0 radical (unpaired) electrons. The van der Waals surface area contributed by atoms with Gasteiger partial charge in [-0.3, -0.25) is 0 Å². The van der Waals surface area contributed by atoms with E-state index in [4.69, 9.17) is 5.11 Å². The van der Waals surface area contributed by atoms with Crippen LogP contribution in [0.3, 0.4) is 0 Å². The van der Waals surface area contributed by atoms with Gasteiger partial charge >= 0.3 is 0 Å². The molecule has 0 saturated carbocycles. The fourth-order valence-corrected chi connectivity index (χ4v) is 1.97. The molecular weight excluding hydrogens is 229 g/mol. The van der Waals surface area contributed by atoms with Gasteiger partial charge in [-0.05, 0) is 42.9 Å². The first-order valence-electron chi connectivity index (χ1n) is 6.54. The van der Waals surface area contributed by atoms with Gasteiger partial charge in [0.25, 0.3) is 0 Å². The minimum absolute atomic E-state index is 0.133. The molecule has 0 heterocycles. The fourth-order valence-electron chi connectivity index (χ4n) is 1.97. The van der Waals surface area contributed by atoms with Crippen LogP contribution in [0.1, 0.15) is 45.2 Å². The summed E-state index contributed by atoms with van der Waals surface area (Å²) in [5.74, 6) is -0.194. The van der Waals surface area contributed by atoms with Crippen molar-refractivity contribution in [2.75, 3.05) is 13.2 Å². The third-order valence-electron chi connectivity index (χ3n) is 3.25. The second-order valence-corrected chi connectivity index (χ2v) is 5.65. The van der Waals surface area contributed by atoms with E-state index in [1.807, 2.05) is 13.0 Å². The lowest BCUT2D eigenvalue weighted by Crippen LogP contribution is -2.31. The van der Waals surface area contributed by atoms with Crippen LogP contribution in [0.15, 0.2) is 24.3 Å². The monoisotopic (exact) mass is 253 g/mol. The zero-order valence-electron chi connectivity index (χ0n) is 11.5. The standard InChI is InChI=1S/C15H24FNO/c1-12(13-6-4-7-14(16)10-13)17-11-15(2,3)8-5-9-18/h4,6-7,10,12,17-18H,5,8-9,11H2,1-3H3. The predicted molar refractivity (Wildman–Crippen MR) is 72.9 cm³/mol. The van der Waals surface area contributed by atoms with Crippen LogP contribution in [0.4, 0.5) is 4.39 Å². The molecule has 0 aromatic heterocycles. The molecule has 3 heteroatoms. The highest BCUT2D eigenvalue weighted by Crippen LogP contribution is 2.22. The summed E-state index contributed by atoms with van der Waals surface area (Å²) in [6.45, 7) is 7.48. The predicted octanol–water partition coefficient (Wildman–Crippen LogP) is 3.28. The number of halogens is 1. The van der Waals surface area contributed by atoms with Gasteiger partial charge in [-0.2, -0.15) is 0 Å². The summed E-state index contributed by atoms with van der Waals surface area (Å²) in [7, 11) is 0. The summed E-state index contributed by atoms with van der Waals surface area (Å²) < 4.78 is 13.1. The molecule has 18 heavy (non-hydrogen) atoms. The first-order valence-corrected chi connectivity index (χ1v) is 6.54. The molecule has 0 spiro atoms. The van der Waals surface area contributed by atoms with Crippen molar-refractivity contribution in [1.29, 1.82) is 0 Å². The van der Waals surface area contributed by atoms with Crippen molar-refractivity contribution in [3.05, 3.63) is 35.6 Å². The Balaban J connectivity index is 2.48. The Labute approximate surface area is 109 Å². The molecule has 1 rings (SSSR count). The largest absolute Gasteiger partial charge is 0.396 e. The highest BCUT2D eigenvalue weighted by molar-refractivity contribution is 5.19. The van der Waals surface area contributed by atoms with E-state index < -0.39 is 0 Å². The van der Waals surface area contributed by atoms with Crippen LogP contribution in [0.5, 0.6) is 0 Å². The van der Waals surface area contributed by atoms with Gasteiger partial charge in [0.05, 0.1) is 0 Å². The van der Waals surface area contributed by atoms with E-state index >= 15 is 0 Å². The van der Waals surface area contributed by atoms with Gasteiger partial charge in [0.2, 0.25) is 0 Å². The van der Waals surface area contributed by atoms with Crippen molar-refractivity contribution < 1.29 is 9.50 Å². The molecule has 0 amide bonds. The Morgan fingerprint density at radius 1 is 1.39 bits per heavy atom. The Hall–Kier alpha value is -0.930. The van der Waals surface area contributed by atoms with E-state index in [1.54, 1.807) is 12.1 Å². The van der Waals surface area contributed by atoms with Gasteiger partial charge in [0.1, 0.15) is 5.82 Å². The molecule has 1 aromatic rings. The molecule has 0 aliphatic carbocycles. The Morgan fingerprint density at radius 2 is 2.11 bits per heavy atom. The molecule has 102 valence electrons. The van der Waals surface area contributed by atoms with Crippen LogP contribution in [0.25, 0.3) is 0 Å². The Kier molecular flexibility index (Phi) is 5.76. The molecule has 0 aliphatic rings. The van der Waals surface area contributed by atoms with E-state index in [2.05, 4.69) is 19.2 Å².